The second-order valence-electron chi connectivity index (χ2n) is 13.7. The van der Waals surface area contributed by atoms with E-state index in [-0.39, 0.29) is 22.9 Å². The summed E-state index contributed by atoms with van der Waals surface area (Å²) in [5.41, 5.74) is 5.06. The van der Waals surface area contributed by atoms with Gasteiger partial charge in [-0.2, -0.15) is 0 Å². The molecule has 3 N–H and O–H groups in total. The van der Waals surface area contributed by atoms with Crippen molar-refractivity contribution in [1.82, 2.24) is 20.2 Å². The molecule has 4 saturated carbocycles. The second-order valence-corrected chi connectivity index (χ2v) is 14.1. The zero-order valence-electron chi connectivity index (χ0n) is 25.8. The van der Waals surface area contributed by atoms with Crippen LogP contribution < -0.4 is 16.0 Å². The van der Waals surface area contributed by atoms with Crippen molar-refractivity contribution in [3.8, 4) is 0 Å². The van der Waals surface area contributed by atoms with Gasteiger partial charge in [0.1, 0.15) is 0 Å². The third-order valence-electron chi connectivity index (χ3n) is 9.80. The number of allylic oxidation sites excluding steroid dienone is 1. The van der Waals surface area contributed by atoms with Crippen LogP contribution >= 0.6 is 11.6 Å². The second kappa shape index (κ2) is 11.7. The normalized spacial score (nSPS) is 26.2. The topological polar surface area (TPSA) is 99.2 Å². The van der Waals surface area contributed by atoms with Crippen LogP contribution in [-0.2, 0) is 11.2 Å². The molecule has 5 aliphatic carbocycles. The van der Waals surface area contributed by atoms with E-state index in [0.29, 0.717) is 40.6 Å². The van der Waals surface area contributed by atoms with Crippen LogP contribution in [0, 0.1) is 11.8 Å². The van der Waals surface area contributed by atoms with Crippen LogP contribution in [0.4, 0.5) is 11.6 Å². The molecule has 45 heavy (non-hydrogen) atoms. The molecule has 232 valence electrons. The molecule has 2 atom stereocenters. The van der Waals surface area contributed by atoms with E-state index in [9.17, 15) is 9.59 Å². The van der Waals surface area contributed by atoms with Crippen molar-refractivity contribution >= 4 is 40.6 Å². The number of nitrogens with one attached hydrogen (secondary N) is 3. The van der Waals surface area contributed by atoms with Crippen molar-refractivity contribution in [2.75, 3.05) is 31.3 Å². The SMILES string of the molecule is CN(C)C/C=C/C(=O)Nc1ccc(C(=O)NC23CC4CC(C2)CC(Nc2ncc(Cl)c(C5=CCc6ccccc65)n2)(C4)C3)cc1. The number of amides is 2. The van der Waals surface area contributed by atoms with E-state index in [0.717, 1.165) is 49.8 Å². The van der Waals surface area contributed by atoms with Gasteiger partial charge in [-0.25, -0.2) is 9.97 Å². The molecule has 0 aliphatic heterocycles. The molecule has 4 bridgehead atoms. The lowest BCUT2D eigenvalue weighted by Crippen LogP contribution is -2.67. The van der Waals surface area contributed by atoms with Gasteiger partial charge in [0.25, 0.3) is 5.91 Å². The van der Waals surface area contributed by atoms with E-state index in [1.807, 2.05) is 31.1 Å². The average molecular weight is 623 g/mol. The Morgan fingerprint density at radius 3 is 2.51 bits per heavy atom. The van der Waals surface area contributed by atoms with Gasteiger partial charge in [-0.3, -0.25) is 9.59 Å². The third kappa shape index (κ3) is 6.14. The van der Waals surface area contributed by atoms with Crippen LogP contribution in [0.2, 0.25) is 5.02 Å². The van der Waals surface area contributed by atoms with Gasteiger partial charge in [0.05, 0.1) is 16.9 Å². The number of hydrogen-bond donors (Lipinski definition) is 3. The van der Waals surface area contributed by atoms with Crippen LogP contribution in [-0.4, -0.2) is 58.4 Å². The van der Waals surface area contributed by atoms with Crippen LogP contribution in [0.1, 0.15) is 65.7 Å². The van der Waals surface area contributed by atoms with Crippen molar-refractivity contribution in [2.24, 2.45) is 11.8 Å². The number of rotatable bonds is 9. The van der Waals surface area contributed by atoms with Crippen molar-refractivity contribution in [3.63, 3.8) is 0 Å². The summed E-state index contributed by atoms with van der Waals surface area (Å²) in [5.74, 6) is 1.40. The highest BCUT2D eigenvalue weighted by Crippen LogP contribution is 2.58. The Labute approximate surface area is 269 Å². The fourth-order valence-electron chi connectivity index (χ4n) is 8.49. The van der Waals surface area contributed by atoms with Gasteiger partial charge < -0.3 is 20.9 Å². The Kier molecular flexibility index (Phi) is 7.74. The minimum absolute atomic E-state index is 0.0762. The maximum absolute atomic E-state index is 13.6. The molecule has 2 aromatic carbocycles. The smallest absolute Gasteiger partial charge is 0.251 e. The highest BCUT2D eigenvalue weighted by molar-refractivity contribution is 6.32. The van der Waals surface area contributed by atoms with Gasteiger partial charge in [0.15, 0.2) is 0 Å². The fourth-order valence-corrected chi connectivity index (χ4v) is 8.68. The molecule has 1 heterocycles. The molecule has 4 fully saturated rings. The highest BCUT2D eigenvalue weighted by Gasteiger charge is 2.58. The predicted molar refractivity (Wildman–Crippen MR) is 178 cm³/mol. The molecule has 5 aliphatic rings. The maximum Gasteiger partial charge on any atom is 0.251 e. The van der Waals surface area contributed by atoms with Gasteiger partial charge in [-0.05, 0) is 106 Å². The first-order valence-corrected chi connectivity index (χ1v) is 16.2. The molecule has 3 aromatic rings. The summed E-state index contributed by atoms with van der Waals surface area (Å²) in [6, 6.07) is 15.5. The van der Waals surface area contributed by atoms with Gasteiger partial charge >= 0.3 is 0 Å². The number of likely N-dealkylation sites (N-methyl/N-ethyl adjacent to an activating group) is 1. The molecular weight excluding hydrogens is 584 g/mol. The van der Waals surface area contributed by atoms with Crippen molar-refractivity contribution in [3.05, 3.63) is 100 Å². The Morgan fingerprint density at radius 1 is 1.02 bits per heavy atom. The van der Waals surface area contributed by atoms with Crippen molar-refractivity contribution < 1.29 is 9.59 Å². The molecular formula is C36H39ClN6O2. The zero-order chi connectivity index (χ0) is 31.2. The molecule has 2 amide bonds. The minimum Gasteiger partial charge on any atom is -0.349 e. The maximum atomic E-state index is 13.6. The van der Waals surface area contributed by atoms with Crippen LogP contribution in [0.25, 0.3) is 5.57 Å². The van der Waals surface area contributed by atoms with E-state index in [1.54, 1.807) is 30.5 Å². The highest BCUT2D eigenvalue weighted by atomic mass is 35.5. The summed E-state index contributed by atoms with van der Waals surface area (Å²) >= 11 is 6.65. The van der Waals surface area contributed by atoms with E-state index in [1.165, 1.54) is 23.6 Å². The average Bonchev–Trinajstić information content (AvgIpc) is 3.41. The van der Waals surface area contributed by atoms with Gasteiger partial charge in [-0.1, -0.05) is 48.0 Å². The third-order valence-corrected chi connectivity index (χ3v) is 10.1. The zero-order valence-corrected chi connectivity index (χ0v) is 26.5. The predicted octanol–water partition coefficient (Wildman–Crippen LogP) is 6.11. The summed E-state index contributed by atoms with van der Waals surface area (Å²) < 4.78 is 0. The van der Waals surface area contributed by atoms with Gasteiger partial charge in [0, 0.05) is 40.5 Å². The number of carbonyl (C=O) groups excluding carboxylic acids is 2. The van der Waals surface area contributed by atoms with E-state index in [4.69, 9.17) is 16.6 Å². The number of anilines is 2. The first kappa shape index (κ1) is 29.7. The number of nitrogens with zero attached hydrogens (tertiary/aromatic N) is 3. The number of fused-ring (bicyclic) bond motifs is 1. The van der Waals surface area contributed by atoms with Crippen LogP contribution in [0.3, 0.4) is 0 Å². The first-order valence-electron chi connectivity index (χ1n) is 15.8. The Morgan fingerprint density at radius 2 is 1.76 bits per heavy atom. The standard InChI is InChI=1S/C36H39ClN6O2/c1-43(2)15-5-8-31(44)39-27-12-9-26(10-13-27)33(45)41-35-17-23-16-24(18-35)20-36(19-23,22-35)42-34-38-21-30(37)32(40-34)29-14-11-25-6-3-4-7-28(25)29/h3-10,12-14,21,23-24H,11,15-20,22H2,1-2H3,(H,39,44)(H,41,45)(H,38,40,42)/b8-5+. The molecule has 0 saturated heterocycles. The molecule has 9 heteroatoms. The van der Waals surface area contributed by atoms with Crippen LogP contribution in [0.5, 0.6) is 0 Å². The lowest BCUT2D eigenvalue weighted by molar-refractivity contribution is -0.111. The van der Waals surface area contributed by atoms with Crippen LogP contribution in [0.15, 0.2) is 73.0 Å². The summed E-state index contributed by atoms with van der Waals surface area (Å²) in [5, 5.41) is 10.7. The molecule has 8 rings (SSSR count). The number of carbonyl (C=O) groups is 2. The summed E-state index contributed by atoms with van der Waals surface area (Å²) in [6.07, 6.45) is 14.2. The number of hydrogen-bond acceptors (Lipinski definition) is 6. The number of benzene rings is 2. The molecule has 2 unspecified atom stereocenters. The van der Waals surface area contributed by atoms with Gasteiger partial charge in [0.2, 0.25) is 11.9 Å². The van der Waals surface area contributed by atoms with Crippen molar-refractivity contribution in [1.29, 1.82) is 0 Å². The number of halogens is 1. The number of aromatic nitrogens is 2. The summed E-state index contributed by atoms with van der Waals surface area (Å²) in [7, 11) is 3.90. The minimum atomic E-state index is -0.277. The summed E-state index contributed by atoms with van der Waals surface area (Å²) in [4.78, 5) is 37.4. The first-order chi connectivity index (χ1) is 21.7. The largest absolute Gasteiger partial charge is 0.349 e. The molecule has 8 nitrogen and oxygen atoms in total. The lowest BCUT2D eigenvalue weighted by Gasteiger charge is -2.62. The van der Waals surface area contributed by atoms with E-state index >= 15 is 0 Å². The monoisotopic (exact) mass is 622 g/mol. The summed E-state index contributed by atoms with van der Waals surface area (Å²) in [6.45, 7) is 0.688. The molecule has 0 radical (unpaired) electrons. The Bertz CT molecular complexity index is 1680. The fraction of sp³-hybridized carbons (Fsp3) is 0.389. The Hall–Kier alpha value is -4.01. The molecule has 0 spiro atoms. The van der Waals surface area contributed by atoms with E-state index < -0.39 is 0 Å². The quantitative estimate of drug-likeness (QED) is 0.249. The van der Waals surface area contributed by atoms with E-state index in [2.05, 4.69) is 45.2 Å². The lowest BCUT2D eigenvalue weighted by atomic mass is 9.50. The molecule has 1 aromatic heterocycles. The van der Waals surface area contributed by atoms with Gasteiger partial charge in [-0.15, -0.1) is 0 Å². The Balaban J connectivity index is 1.05. The van der Waals surface area contributed by atoms with Crippen molar-refractivity contribution in [2.45, 2.75) is 56.0 Å².